The van der Waals surface area contributed by atoms with Crippen molar-refractivity contribution < 1.29 is 19.1 Å². The Morgan fingerprint density at radius 2 is 2.24 bits per heavy atom. The van der Waals surface area contributed by atoms with Crippen molar-refractivity contribution in [3.8, 4) is 0 Å². The topological polar surface area (TPSA) is 70.8 Å². The van der Waals surface area contributed by atoms with E-state index in [2.05, 4.69) is 0 Å². The molecule has 1 unspecified atom stereocenters. The molecule has 5 heteroatoms. The average Bonchev–Trinajstić information content (AvgIpc) is 3.06. The molecule has 110 valence electrons. The van der Waals surface area contributed by atoms with Crippen LogP contribution in [-0.4, -0.2) is 35.0 Å². The Kier molecular flexibility index (Phi) is 3.41. The molecule has 0 bridgehead atoms. The van der Waals surface area contributed by atoms with Gasteiger partial charge in [-0.1, -0.05) is 12.1 Å². The second-order valence-electron chi connectivity index (χ2n) is 5.60. The van der Waals surface area contributed by atoms with Gasteiger partial charge in [0, 0.05) is 24.0 Å². The molecule has 1 saturated heterocycles. The van der Waals surface area contributed by atoms with E-state index in [1.807, 2.05) is 25.1 Å². The fourth-order valence-electron chi connectivity index (χ4n) is 2.79. The number of aryl methyl sites for hydroxylation is 1. The third kappa shape index (κ3) is 2.63. The maximum absolute atomic E-state index is 12.3. The van der Waals surface area contributed by atoms with Gasteiger partial charge in [-0.15, -0.1) is 0 Å². The third-order valence-electron chi connectivity index (χ3n) is 4.04. The van der Waals surface area contributed by atoms with Gasteiger partial charge < -0.3 is 14.4 Å². The van der Waals surface area contributed by atoms with Crippen LogP contribution >= 0.6 is 0 Å². The molecule has 1 fully saturated rings. The molecule has 21 heavy (non-hydrogen) atoms. The number of carboxylic acids is 1. The molecular weight excluding hydrogens is 270 g/mol. The van der Waals surface area contributed by atoms with Gasteiger partial charge in [0.15, 0.2) is 0 Å². The van der Waals surface area contributed by atoms with Crippen molar-refractivity contribution in [2.75, 3.05) is 13.1 Å². The number of fused-ring (bicyclic) bond motifs is 1. The average molecular weight is 287 g/mol. The van der Waals surface area contributed by atoms with E-state index in [0.717, 1.165) is 22.1 Å². The minimum Gasteiger partial charge on any atom is -0.481 e. The van der Waals surface area contributed by atoms with Crippen LogP contribution in [0.1, 0.15) is 17.5 Å². The Hall–Kier alpha value is -2.30. The molecule has 1 aliphatic rings. The Morgan fingerprint density at radius 3 is 2.95 bits per heavy atom. The lowest BCUT2D eigenvalue weighted by Crippen LogP contribution is -2.31. The van der Waals surface area contributed by atoms with Crippen molar-refractivity contribution >= 4 is 22.8 Å². The second kappa shape index (κ2) is 5.24. The van der Waals surface area contributed by atoms with Crippen LogP contribution in [-0.2, 0) is 16.0 Å². The number of carboxylic acid groups (broad SMARTS) is 1. The minimum absolute atomic E-state index is 0.0398. The van der Waals surface area contributed by atoms with Crippen LogP contribution in [0, 0.1) is 12.8 Å². The summed E-state index contributed by atoms with van der Waals surface area (Å²) >= 11 is 0. The molecule has 1 aromatic heterocycles. The largest absolute Gasteiger partial charge is 0.481 e. The lowest BCUT2D eigenvalue weighted by molar-refractivity contribution is -0.141. The molecule has 0 spiro atoms. The summed E-state index contributed by atoms with van der Waals surface area (Å²) < 4.78 is 5.49. The van der Waals surface area contributed by atoms with Crippen LogP contribution in [0.25, 0.3) is 11.0 Å². The van der Waals surface area contributed by atoms with Gasteiger partial charge in [0.1, 0.15) is 5.58 Å². The zero-order valence-electron chi connectivity index (χ0n) is 11.8. The van der Waals surface area contributed by atoms with Crippen LogP contribution in [0.3, 0.4) is 0 Å². The molecule has 1 aromatic carbocycles. The molecule has 2 aromatic rings. The van der Waals surface area contributed by atoms with Crippen molar-refractivity contribution in [2.45, 2.75) is 19.8 Å². The molecule has 1 aliphatic heterocycles. The Labute approximate surface area is 122 Å². The predicted octanol–water partition coefficient (Wildman–Crippen LogP) is 2.22. The van der Waals surface area contributed by atoms with Crippen molar-refractivity contribution in [3.63, 3.8) is 0 Å². The summed E-state index contributed by atoms with van der Waals surface area (Å²) in [5.74, 6) is -1.30. The molecule has 5 nitrogen and oxygen atoms in total. The van der Waals surface area contributed by atoms with E-state index in [9.17, 15) is 9.59 Å². The summed E-state index contributed by atoms with van der Waals surface area (Å²) in [6, 6.07) is 5.89. The van der Waals surface area contributed by atoms with E-state index in [-0.39, 0.29) is 12.3 Å². The van der Waals surface area contributed by atoms with Gasteiger partial charge in [0.25, 0.3) is 0 Å². The number of likely N-dealkylation sites (tertiary alicyclic amines) is 1. The molecule has 2 heterocycles. The number of amides is 1. The Morgan fingerprint density at radius 1 is 1.43 bits per heavy atom. The van der Waals surface area contributed by atoms with E-state index >= 15 is 0 Å². The van der Waals surface area contributed by atoms with Gasteiger partial charge in [-0.25, -0.2) is 0 Å². The first-order valence-electron chi connectivity index (χ1n) is 7.02. The summed E-state index contributed by atoms with van der Waals surface area (Å²) in [5, 5.41) is 9.93. The summed E-state index contributed by atoms with van der Waals surface area (Å²) in [7, 11) is 0. The number of hydrogen-bond donors (Lipinski definition) is 1. The van der Waals surface area contributed by atoms with Crippen molar-refractivity contribution in [1.82, 2.24) is 4.90 Å². The van der Waals surface area contributed by atoms with Gasteiger partial charge in [0.05, 0.1) is 18.6 Å². The van der Waals surface area contributed by atoms with Gasteiger partial charge >= 0.3 is 5.97 Å². The number of carbonyl (C=O) groups excluding carboxylic acids is 1. The predicted molar refractivity (Wildman–Crippen MR) is 77.0 cm³/mol. The Balaban J connectivity index is 1.74. The highest BCUT2D eigenvalue weighted by molar-refractivity contribution is 5.88. The SMILES string of the molecule is Cc1ccc2c(CC(=O)N3CCC(C(=O)O)C3)coc2c1. The molecule has 3 rings (SSSR count). The number of nitrogens with zero attached hydrogens (tertiary/aromatic N) is 1. The van der Waals surface area contributed by atoms with Crippen LogP contribution in [0.5, 0.6) is 0 Å². The van der Waals surface area contributed by atoms with Crippen LogP contribution < -0.4 is 0 Å². The number of rotatable bonds is 3. The number of carbonyl (C=O) groups is 2. The maximum Gasteiger partial charge on any atom is 0.308 e. The zero-order chi connectivity index (χ0) is 15.0. The second-order valence-corrected chi connectivity index (χ2v) is 5.60. The molecule has 0 radical (unpaired) electrons. The smallest absolute Gasteiger partial charge is 0.308 e. The van der Waals surface area contributed by atoms with Crippen LogP contribution in [0.15, 0.2) is 28.9 Å². The highest BCUT2D eigenvalue weighted by Gasteiger charge is 2.30. The quantitative estimate of drug-likeness (QED) is 0.939. The van der Waals surface area contributed by atoms with E-state index in [0.29, 0.717) is 19.5 Å². The van der Waals surface area contributed by atoms with Crippen LogP contribution in [0.2, 0.25) is 0 Å². The highest BCUT2D eigenvalue weighted by atomic mass is 16.4. The Bertz CT molecular complexity index is 703. The normalized spacial score (nSPS) is 18.3. The van der Waals surface area contributed by atoms with E-state index < -0.39 is 11.9 Å². The maximum atomic E-state index is 12.3. The lowest BCUT2D eigenvalue weighted by atomic mass is 10.1. The number of benzene rings is 1. The van der Waals surface area contributed by atoms with Crippen molar-refractivity contribution in [3.05, 3.63) is 35.6 Å². The van der Waals surface area contributed by atoms with Gasteiger partial charge in [-0.05, 0) is 25.0 Å². The first-order valence-corrected chi connectivity index (χ1v) is 7.02. The number of furan rings is 1. The van der Waals surface area contributed by atoms with E-state index in [1.165, 1.54) is 0 Å². The number of aliphatic carboxylic acids is 1. The third-order valence-corrected chi connectivity index (χ3v) is 4.04. The van der Waals surface area contributed by atoms with Gasteiger partial charge in [-0.2, -0.15) is 0 Å². The summed E-state index contributed by atoms with van der Waals surface area (Å²) in [6.45, 7) is 2.82. The first-order chi connectivity index (χ1) is 10.0. The summed E-state index contributed by atoms with van der Waals surface area (Å²) in [6.07, 6.45) is 2.40. The monoisotopic (exact) mass is 287 g/mol. The molecule has 0 aliphatic carbocycles. The van der Waals surface area contributed by atoms with Crippen molar-refractivity contribution in [2.24, 2.45) is 5.92 Å². The zero-order valence-corrected chi connectivity index (χ0v) is 11.8. The summed E-state index contributed by atoms with van der Waals surface area (Å²) in [4.78, 5) is 24.9. The fraction of sp³-hybridized carbons (Fsp3) is 0.375. The van der Waals surface area contributed by atoms with E-state index in [1.54, 1.807) is 11.2 Å². The molecule has 1 amide bonds. The molecule has 0 saturated carbocycles. The van der Waals surface area contributed by atoms with Crippen molar-refractivity contribution in [1.29, 1.82) is 0 Å². The first kappa shape index (κ1) is 13.7. The van der Waals surface area contributed by atoms with E-state index in [4.69, 9.17) is 9.52 Å². The highest BCUT2D eigenvalue weighted by Crippen LogP contribution is 2.24. The van der Waals surface area contributed by atoms with Gasteiger partial charge in [-0.3, -0.25) is 9.59 Å². The summed E-state index contributed by atoms with van der Waals surface area (Å²) in [5.41, 5.74) is 2.75. The molecule has 1 atom stereocenters. The number of hydrogen-bond acceptors (Lipinski definition) is 3. The standard InChI is InChI=1S/C16H17NO4/c1-10-2-3-13-12(9-21-14(13)6-10)7-15(18)17-5-4-11(8-17)16(19)20/h2-3,6,9,11H,4-5,7-8H2,1H3,(H,19,20). The molecular formula is C16H17NO4. The fourth-order valence-corrected chi connectivity index (χ4v) is 2.79. The lowest BCUT2D eigenvalue weighted by Gasteiger charge is -2.15. The van der Waals surface area contributed by atoms with Crippen LogP contribution in [0.4, 0.5) is 0 Å². The molecule has 1 N–H and O–H groups in total. The van der Waals surface area contributed by atoms with Gasteiger partial charge in [0.2, 0.25) is 5.91 Å². The minimum atomic E-state index is -0.825.